The molecule has 0 aromatic carbocycles. The first-order chi connectivity index (χ1) is 30.3. The van der Waals surface area contributed by atoms with Gasteiger partial charge in [-0.3, -0.25) is 4.79 Å². The van der Waals surface area contributed by atoms with Crippen molar-refractivity contribution in [2.24, 2.45) is 50.2 Å². The maximum atomic E-state index is 13.1. The lowest BCUT2D eigenvalue weighted by Crippen LogP contribution is -2.67. The summed E-state index contributed by atoms with van der Waals surface area (Å²) in [6.45, 7) is 14.7. The van der Waals surface area contributed by atoms with Crippen LogP contribution in [0, 0.1) is 50.2 Å². The maximum Gasteiger partial charge on any atom is 0.335 e. The molecule has 0 aromatic heterocycles. The molecule has 8 aliphatic rings. The lowest BCUT2D eigenvalue weighted by molar-refractivity contribution is -0.381. The minimum atomic E-state index is -2.01. The first kappa shape index (κ1) is 49.5. The van der Waals surface area contributed by atoms with Crippen LogP contribution < -0.4 is 0 Å². The molecule has 10 N–H and O–H groups in total. The van der Waals surface area contributed by atoms with Gasteiger partial charge < -0.3 is 79.5 Å². The molecule has 0 spiro atoms. The van der Waals surface area contributed by atoms with E-state index >= 15 is 0 Å². The number of carboxylic acid groups (broad SMARTS) is 2. The lowest BCUT2D eigenvalue weighted by Gasteiger charge is -2.71. The third kappa shape index (κ3) is 7.76. The Kier molecular flexibility index (Phi) is 13.1. The van der Waals surface area contributed by atoms with Gasteiger partial charge in [-0.2, -0.15) is 0 Å². The number of hydrogen-bond acceptors (Lipinski definition) is 16. The molecule has 17 unspecified atom stereocenters. The summed E-state index contributed by atoms with van der Waals surface area (Å²) in [6, 6.07) is 0. The number of rotatable bonds is 9. The van der Waals surface area contributed by atoms with Crippen LogP contribution in [0.4, 0.5) is 0 Å². The summed E-state index contributed by atoms with van der Waals surface area (Å²) < 4.78 is 35.3. The topological polar surface area (TPSA) is 292 Å². The van der Waals surface area contributed by atoms with Crippen molar-refractivity contribution in [2.45, 2.75) is 205 Å². The largest absolute Gasteiger partial charge is 0.481 e. The Morgan fingerprint density at radius 2 is 1.35 bits per heavy atom. The normalized spacial score (nSPS) is 52.8. The Labute approximate surface area is 380 Å². The monoisotopic (exact) mass is 926 g/mol. The zero-order chi connectivity index (χ0) is 47.6. The van der Waals surface area contributed by atoms with Crippen molar-refractivity contribution in [3.63, 3.8) is 0 Å². The number of ether oxygens (including phenoxy) is 6. The molecule has 18 heteroatoms. The average molecular weight is 927 g/mol. The van der Waals surface area contributed by atoms with Crippen molar-refractivity contribution in [1.82, 2.24) is 0 Å². The van der Waals surface area contributed by atoms with E-state index in [1.54, 1.807) is 0 Å². The van der Waals surface area contributed by atoms with Gasteiger partial charge in [0.1, 0.15) is 61.0 Å². The number of fused-ring (bicyclic) bond motifs is 7. The number of hydrogen-bond donors (Lipinski definition) is 10. The van der Waals surface area contributed by atoms with Crippen LogP contribution in [0.3, 0.4) is 0 Å². The molecule has 3 heterocycles. The number of aliphatic hydroxyl groups is 8. The second-order valence-corrected chi connectivity index (χ2v) is 23.1. The molecular weight excluding hydrogens is 852 g/mol. The summed E-state index contributed by atoms with van der Waals surface area (Å²) in [6.07, 6.45) is -14.9. The minimum absolute atomic E-state index is 0.00328. The molecule has 0 aromatic rings. The van der Waals surface area contributed by atoms with Crippen molar-refractivity contribution in [2.75, 3.05) is 13.2 Å². The first-order valence-corrected chi connectivity index (χ1v) is 23.7. The summed E-state index contributed by atoms with van der Waals surface area (Å²) in [5, 5.41) is 107. The van der Waals surface area contributed by atoms with Gasteiger partial charge in [0.2, 0.25) is 0 Å². The first-order valence-electron chi connectivity index (χ1n) is 23.7. The van der Waals surface area contributed by atoms with Gasteiger partial charge in [-0.05, 0) is 109 Å². The molecule has 22 atom stereocenters. The minimum Gasteiger partial charge on any atom is -0.481 e. The standard InChI is InChI=1S/C47H74O18/c1-42(2)14-16-47(41(58)59)17-15-45(6)21(22(47)18-42)8-9-26-44(5)12-11-27(43(3,4)25(44)10-13-46(26,45)7)62-39-33(55)34(32(54)35(64-39)37(56)57)63-40-36(28(50)23(49)20-60-40)65-38-31(53)30(52)29(51)24(19-48)61-38/h8,22-36,38-40,48-55H,9-20H2,1-7H3,(H,56,57)(H,58,59)/t22?,23?,24?,25?,26?,27-,28?,29?,30?,31?,32?,33?,34?,35?,36?,38?,39?,40?,44-,45+,46+,47-/m0/s1. The van der Waals surface area contributed by atoms with Gasteiger partial charge >= 0.3 is 11.9 Å². The molecule has 8 rings (SSSR count). The van der Waals surface area contributed by atoms with E-state index in [1.165, 1.54) is 5.57 Å². The Hall–Kier alpha value is -1.88. The van der Waals surface area contributed by atoms with Gasteiger partial charge in [0.25, 0.3) is 0 Å². The van der Waals surface area contributed by atoms with E-state index in [9.17, 15) is 60.7 Å². The predicted molar refractivity (Wildman–Crippen MR) is 225 cm³/mol. The van der Waals surface area contributed by atoms with Crippen LogP contribution in [0.2, 0.25) is 0 Å². The Balaban J connectivity index is 1.02. The fourth-order valence-electron chi connectivity index (χ4n) is 14.8. The zero-order valence-corrected chi connectivity index (χ0v) is 38.7. The summed E-state index contributed by atoms with van der Waals surface area (Å²) in [5.74, 6) is -1.81. The van der Waals surface area contributed by atoms with Crippen LogP contribution >= 0.6 is 0 Å². The van der Waals surface area contributed by atoms with Crippen molar-refractivity contribution >= 4 is 11.9 Å². The van der Waals surface area contributed by atoms with Crippen LogP contribution in [-0.4, -0.2) is 168 Å². The molecule has 4 saturated carbocycles. The second-order valence-electron chi connectivity index (χ2n) is 23.1. The van der Waals surface area contributed by atoms with Gasteiger partial charge in [-0.1, -0.05) is 60.1 Å². The third-order valence-corrected chi connectivity index (χ3v) is 18.9. The summed E-state index contributed by atoms with van der Waals surface area (Å²) in [7, 11) is 0. The van der Waals surface area contributed by atoms with E-state index in [4.69, 9.17) is 28.4 Å². The van der Waals surface area contributed by atoms with Crippen LogP contribution in [0.1, 0.15) is 113 Å². The maximum absolute atomic E-state index is 13.1. The molecule has 65 heavy (non-hydrogen) atoms. The highest BCUT2D eigenvalue weighted by Gasteiger charge is 2.70. The van der Waals surface area contributed by atoms with E-state index in [2.05, 4.69) is 54.5 Å². The molecule has 370 valence electrons. The average Bonchev–Trinajstić information content (AvgIpc) is 3.23. The van der Waals surface area contributed by atoms with Crippen molar-refractivity contribution in [1.29, 1.82) is 0 Å². The number of allylic oxidation sites excluding steroid dienone is 2. The van der Waals surface area contributed by atoms with E-state index in [0.717, 1.165) is 44.9 Å². The summed E-state index contributed by atoms with van der Waals surface area (Å²) in [4.78, 5) is 25.7. The van der Waals surface area contributed by atoms with Crippen molar-refractivity contribution in [3.8, 4) is 0 Å². The molecule has 18 nitrogen and oxygen atoms in total. The Bertz CT molecular complexity index is 1820. The van der Waals surface area contributed by atoms with Gasteiger partial charge in [0, 0.05) is 0 Å². The molecule has 3 saturated heterocycles. The molecule has 3 aliphatic heterocycles. The highest BCUT2D eigenvalue weighted by atomic mass is 16.8. The molecule has 0 amide bonds. The highest BCUT2D eigenvalue weighted by Crippen LogP contribution is 2.76. The number of aliphatic hydroxyl groups excluding tert-OH is 8. The fraction of sp³-hybridized carbons (Fsp3) is 0.915. The second kappa shape index (κ2) is 17.2. The van der Waals surface area contributed by atoms with Crippen molar-refractivity contribution < 1.29 is 89.1 Å². The zero-order valence-electron chi connectivity index (χ0n) is 38.7. The highest BCUT2D eigenvalue weighted by molar-refractivity contribution is 5.76. The summed E-state index contributed by atoms with van der Waals surface area (Å²) in [5.41, 5.74) is -0.261. The number of carbonyl (C=O) groups is 2. The molecular formula is C47H74O18. The van der Waals surface area contributed by atoms with E-state index < -0.39 is 128 Å². The van der Waals surface area contributed by atoms with Crippen molar-refractivity contribution in [3.05, 3.63) is 11.6 Å². The molecule has 0 radical (unpaired) electrons. The SMILES string of the molecule is CC1(C)CC[C@]2(C(=O)O)CC[C@]3(C)C(=CCC4[C@@]5(C)CC[C@H](OC6OC(C(=O)O)C(O)C(OC7OCC(O)C(O)C7OC7OC(CO)C(O)C(O)C7O)C6O)C(C)(C)C5CC[C@]43C)C2C1. The Morgan fingerprint density at radius 1 is 0.692 bits per heavy atom. The molecule has 7 fully saturated rings. The van der Waals surface area contributed by atoms with Gasteiger partial charge in [-0.15, -0.1) is 0 Å². The van der Waals surface area contributed by atoms with Gasteiger partial charge in [-0.25, -0.2) is 4.79 Å². The quantitative estimate of drug-likeness (QED) is 0.116. The van der Waals surface area contributed by atoms with E-state index in [-0.39, 0.29) is 33.5 Å². The van der Waals surface area contributed by atoms with E-state index in [1.807, 2.05) is 0 Å². The number of carboxylic acids is 2. The lowest BCUT2D eigenvalue weighted by atomic mass is 9.33. The Morgan fingerprint density at radius 3 is 2.02 bits per heavy atom. The fourth-order valence-corrected chi connectivity index (χ4v) is 14.8. The van der Waals surface area contributed by atoms with Gasteiger partial charge in [0.15, 0.2) is 25.0 Å². The molecule has 5 aliphatic carbocycles. The van der Waals surface area contributed by atoms with E-state index in [0.29, 0.717) is 25.2 Å². The van der Waals surface area contributed by atoms with Crippen LogP contribution in [0.5, 0.6) is 0 Å². The third-order valence-electron chi connectivity index (χ3n) is 18.9. The van der Waals surface area contributed by atoms with Crippen LogP contribution in [-0.2, 0) is 38.0 Å². The number of aliphatic carboxylic acids is 2. The predicted octanol–water partition coefficient (Wildman–Crippen LogP) is 1.44. The smallest absolute Gasteiger partial charge is 0.335 e. The van der Waals surface area contributed by atoms with Gasteiger partial charge in [0.05, 0.1) is 24.7 Å². The van der Waals surface area contributed by atoms with Crippen LogP contribution in [0.25, 0.3) is 0 Å². The summed E-state index contributed by atoms with van der Waals surface area (Å²) >= 11 is 0. The molecule has 0 bridgehead atoms. The van der Waals surface area contributed by atoms with Crippen LogP contribution in [0.15, 0.2) is 11.6 Å².